The van der Waals surface area contributed by atoms with Gasteiger partial charge in [-0.15, -0.1) is 0 Å². The molecule has 0 aliphatic carbocycles. The van der Waals surface area contributed by atoms with Crippen LogP contribution in [0.2, 0.25) is 0 Å². The molecule has 2 atom stereocenters. The summed E-state index contributed by atoms with van der Waals surface area (Å²) in [5.74, 6) is -0.00172. The predicted octanol–water partition coefficient (Wildman–Crippen LogP) is 12.6. The van der Waals surface area contributed by atoms with E-state index in [-0.39, 0.29) is 35.6 Å². The van der Waals surface area contributed by atoms with E-state index in [1.807, 2.05) is 86.4 Å². The van der Waals surface area contributed by atoms with Crippen molar-refractivity contribution in [2.75, 3.05) is 26.4 Å². The van der Waals surface area contributed by atoms with Gasteiger partial charge in [-0.25, -0.2) is 18.7 Å². The number of imidazole rings is 2. The van der Waals surface area contributed by atoms with Crippen molar-refractivity contribution in [1.82, 2.24) is 38.2 Å². The minimum absolute atomic E-state index is 0.128. The number of nitrogens with zero attached hydrogens (tertiary/aromatic N) is 8. The van der Waals surface area contributed by atoms with Crippen molar-refractivity contribution in [3.8, 4) is 22.5 Å². The van der Waals surface area contributed by atoms with Gasteiger partial charge >= 0.3 is 0 Å². The number of ether oxygens (including phenoxy) is 2. The van der Waals surface area contributed by atoms with Gasteiger partial charge in [0.25, 0.3) is 0 Å². The van der Waals surface area contributed by atoms with Gasteiger partial charge in [0.1, 0.15) is 11.6 Å². The second-order valence-electron chi connectivity index (χ2n) is 22.0. The second-order valence-corrected chi connectivity index (χ2v) is 22.0. The Morgan fingerprint density at radius 2 is 0.921 bits per heavy atom. The lowest BCUT2D eigenvalue weighted by molar-refractivity contribution is 0.0551. The first-order valence-corrected chi connectivity index (χ1v) is 26.4. The van der Waals surface area contributed by atoms with Gasteiger partial charge in [-0.3, -0.25) is 9.97 Å². The quantitative estimate of drug-likeness (QED) is 0.139. The summed E-state index contributed by atoms with van der Waals surface area (Å²) in [5, 5.41) is 23.8. The SMILES string of the molecule is Cc1ncn(C)c1-c1cnc2c3ccc(C(C)(C)O)cc3n(C(c3cccc(F)c3)C3CCOCC3)c2c1.Cc1ncn(C)c1-c1cnc2c3ccc(C(C)(C)O)cc3n(C(c3cccc(F)c3)C3CCOCC3)c2c1. The van der Waals surface area contributed by atoms with E-state index in [2.05, 4.69) is 55.5 Å². The molecule has 10 aromatic rings. The molecule has 0 spiro atoms. The number of fused-ring (bicyclic) bond motifs is 6. The van der Waals surface area contributed by atoms with Crippen LogP contribution in [0.15, 0.2) is 122 Å². The van der Waals surface area contributed by atoms with E-state index < -0.39 is 11.2 Å². The molecule has 2 N–H and O–H groups in total. The zero-order valence-corrected chi connectivity index (χ0v) is 44.6. The molecule has 8 heterocycles. The fourth-order valence-corrected chi connectivity index (χ4v) is 12.1. The topological polar surface area (TPSA) is 130 Å². The lowest BCUT2D eigenvalue weighted by Gasteiger charge is -2.33. The number of aliphatic hydroxyl groups is 2. The first-order valence-electron chi connectivity index (χ1n) is 26.4. The van der Waals surface area contributed by atoms with E-state index in [0.29, 0.717) is 26.4 Å². The van der Waals surface area contributed by atoms with E-state index in [1.165, 1.54) is 12.1 Å². The van der Waals surface area contributed by atoms with Crippen LogP contribution in [0.5, 0.6) is 0 Å². The lowest BCUT2D eigenvalue weighted by Crippen LogP contribution is -2.27. The normalized spacial score (nSPS) is 15.9. The van der Waals surface area contributed by atoms with Crippen molar-refractivity contribution in [2.24, 2.45) is 25.9 Å². The summed E-state index contributed by atoms with van der Waals surface area (Å²) >= 11 is 0. The summed E-state index contributed by atoms with van der Waals surface area (Å²) in [4.78, 5) is 18.9. The van der Waals surface area contributed by atoms with Crippen LogP contribution in [0.25, 0.3) is 66.4 Å². The summed E-state index contributed by atoms with van der Waals surface area (Å²) in [6.07, 6.45) is 11.0. The van der Waals surface area contributed by atoms with E-state index in [4.69, 9.17) is 19.4 Å². The summed E-state index contributed by atoms with van der Waals surface area (Å²) in [6.45, 7) is 13.9. The number of hydrogen-bond acceptors (Lipinski definition) is 8. The maximum atomic E-state index is 14.6. The van der Waals surface area contributed by atoms with Gasteiger partial charge in [-0.05, 0) is 150 Å². The van der Waals surface area contributed by atoms with Gasteiger partial charge < -0.3 is 38.0 Å². The Bertz CT molecular complexity index is 3490. The second kappa shape index (κ2) is 20.1. The minimum Gasteiger partial charge on any atom is -0.386 e. The Morgan fingerprint density at radius 3 is 1.26 bits per heavy atom. The van der Waals surface area contributed by atoms with Crippen molar-refractivity contribution < 1.29 is 28.5 Å². The molecule has 2 aliphatic rings. The first-order chi connectivity index (χ1) is 36.4. The van der Waals surface area contributed by atoms with Crippen LogP contribution in [0, 0.1) is 37.3 Å². The number of aryl methyl sites for hydroxylation is 4. The van der Waals surface area contributed by atoms with Crippen LogP contribution in [-0.2, 0) is 34.8 Å². The van der Waals surface area contributed by atoms with Gasteiger partial charge in [-0.1, -0.05) is 48.5 Å². The van der Waals surface area contributed by atoms with Crippen molar-refractivity contribution in [2.45, 2.75) is 90.5 Å². The smallest absolute Gasteiger partial charge is 0.123 e. The maximum Gasteiger partial charge on any atom is 0.123 e. The molecule has 2 unspecified atom stereocenters. The number of benzene rings is 4. The average Bonchev–Trinajstić information content (AvgIpc) is 4.23. The number of halogens is 2. The highest BCUT2D eigenvalue weighted by atomic mass is 19.1. The van der Waals surface area contributed by atoms with Crippen LogP contribution in [-0.4, -0.2) is 74.8 Å². The highest BCUT2D eigenvalue weighted by Crippen LogP contribution is 2.45. The van der Waals surface area contributed by atoms with Crippen molar-refractivity contribution in [3.63, 3.8) is 0 Å². The molecule has 392 valence electrons. The molecule has 2 aliphatic heterocycles. The third-order valence-corrected chi connectivity index (χ3v) is 15.8. The highest BCUT2D eigenvalue weighted by molar-refractivity contribution is 6.08. The molecule has 0 amide bonds. The average molecular weight is 1030 g/mol. The molecule has 12 nitrogen and oxygen atoms in total. The van der Waals surface area contributed by atoms with Crippen LogP contribution in [0.1, 0.15) is 99.1 Å². The first kappa shape index (κ1) is 51.0. The Balaban J connectivity index is 0.000000162. The number of aromatic nitrogens is 8. The molecule has 0 bridgehead atoms. The lowest BCUT2D eigenvalue weighted by atomic mass is 9.86. The summed E-state index contributed by atoms with van der Waals surface area (Å²) < 4.78 is 49.4. The molecule has 14 heteroatoms. The van der Waals surface area contributed by atoms with Gasteiger partial charge in [0, 0.05) is 74.8 Å². The molecule has 2 fully saturated rings. The number of pyridine rings is 2. The number of rotatable bonds is 10. The molecule has 12 rings (SSSR count). The Hall–Kier alpha value is -7.10. The zero-order valence-electron chi connectivity index (χ0n) is 44.6. The Kier molecular flexibility index (Phi) is 13.5. The van der Waals surface area contributed by atoms with Crippen LogP contribution >= 0.6 is 0 Å². The molecule has 0 saturated carbocycles. The molecular formula is C62H66F2N8O4. The fraction of sp³-hybridized carbons (Fsp3) is 0.355. The van der Waals surface area contributed by atoms with Gasteiger partial charge in [0.2, 0.25) is 0 Å². The van der Waals surface area contributed by atoms with Crippen LogP contribution in [0.4, 0.5) is 8.78 Å². The third-order valence-electron chi connectivity index (χ3n) is 15.8. The summed E-state index contributed by atoms with van der Waals surface area (Å²) in [6, 6.07) is 30.2. The highest BCUT2D eigenvalue weighted by Gasteiger charge is 2.34. The predicted molar refractivity (Wildman–Crippen MR) is 295 cm³/mol. The van der Waals surface area contributed by atoms with Gasteiger partial charge in [0.05, 0.1) is 91.8 Å². The largest absolute Gasteiger partial charge is 0.386 e. The van der Waals surface area contributed by atoms with Gasteiger partial charge in [-0.2, -0.15) is 0 Å². The molecular weight excluding hydrogens is 959 g/mol. The molecule has 76 heavy (non-hydrogen) atoms. The Labute approximate surface area is 441 Å². The summed E-state index contributed by atoms with van der Waals surface area (Å²) in [5.41, 5.74) is 13.0. The standard InChI is InChI=1S/2C31H33FN4O2/c2*1-19-29(35(4)18-34-19)22-15-27-28(33-17-22)25-9-8-23(31(2,3)37)16-26(25)36(27)30(20-10-12-38-13-11-20)21-6-5-7-24(32)14-21/h2*5-9,14-18,20,30,37H,10-13H2,1-4H3. The van der Waals surface area contributed by atoms with Crippen molar-refractivity contribution >= 4 is 43.9 Å². The van der Waals surface area contributed by atoms with E-state index in [1.54, 1.807) is 52.0 Å². The van der Waals surface area contributed by atoms with Crippen molar-refractivity contribution in [3.05, 3.63) is 167 Å². The zero-order chi connectivity index (χ0) is 53.2. The molecule has 2 saturated heterocycles. The summed E-state index contributed by atoms with van der Waals surface area (Å²) in [7, 11) is 3.98. The molecule has 0 radical (unpaired) electrons. The third kappa shape index (κ3) is 9.50. The number of hydrogen-bond donors (Lipinski definition) is 2. The fourth-order valence-electron chi connectivity index (χ4n) is 12.1. The molecule has 4 aromatic carbocycles. The Morgan fingerprint density at radius 1 is 0.526 bits per heavy atom. The monoisotopic (exact) mass is 1020 g/mol. The van der Waals surface area contributed by atoms with E-state index in [0.717, 1.165) is 126 Å². The maximum absolute atomic E-state index is 14.6. The molecule has 6 aromatic heterocycles. The van der Waals surface area contributed by atoms with Gasteiger partial charge in [0.15, 0.2) is 0 Å². The van der Waals surface area contributed by atoms with E-state index >= 15 is 0 Å². The van der Waals surface area contributed by atoms with E-state index in [9.17, 15) is 19.0 Å². The van der Waals surface area contributed by atoms with Crippen LogP contribution in [0.3, 0.4) is 0 Å². The minimum atomic E-state index is -1.01. The van der Waals surface area contributed by atoms with Crippen LogP contribution < -0.4 is 0 Å². The van der Waals surface area contributed by atoms with Crippen molar-refractivity contribution in [1.29, 1.82) is 0 Å².